The molecule has 1 fully saturated rings. The van der Waals surface area contributed by atoms with Crippen LogP contribution in [0.5, 0.6) is 11.6 Å². The Bertz CT molecular complexity index is 1710. The first kappa shape index (κ1) is 39.2. The molecule has 5 rings (SSSR count). The van der Waals surface area contributed by atoms with E-state index in [0.717, 1.165) is 25.7 Å². The van der Waals surface area contributed by atoms with Crippen molar-refractivity contribution in [2.75, 3.05) is 41.4 Å². The molecule has 282 valence electrons. The number of aliphatic hydroxyl groups excluding tert-OH is 1. The van der Waals surface area contributed by atoms with E-state index >= 15 is 14.0 Å². The Kier molecular flexibility index (Phi) is 11.1. The Morgan fingerprint density at radius 3 is 2.22 bits per heavy atom. The van der Waals surface area contributed by atoms with Gasteiger partial charge in [0.15, 0.2) is 19.7 Å². The number of hydrogen-bond acceptors (Lipinski definition) is 10. The monoisotopic (exact) mass is 727 g/mol. The number of unbranched alkanes of at least 4 members (excludes halogenated alkanes) is 2. The highest BCUT2D eigenvalue weighted by Crippen LogP contribution is 2.59. The van der Waals surface area contributed by atoms with E-state index in [1.807, 2.05) is 58.0 Å². The summed E-state index contributed by atoms with van der Waals surface area (Å²) < 4.78 is 42.2. The smallest absolute Gasteiger partial charge is 0.265 e. The molecule has 51 heavy (non-hydrogen) atoms. The third-order valence-electron chi connectivity index (χ3n) is 11.5. The summed E-state index contributed by atoms with van der Waals surface area (Å²) in [5.74, 6) is -2.43. The molecular formula is C39H58FN3O7Si. The van der Waals surface area contributed by atoms with Crippen LogP contribution in [0.3, 0.4) is 0 Å². The summed E-state index contributed by atoms with van der Waals surface area (Å²) in [6, 6.07) is -0.590. The molecule has 1 aromatic carbocycles. The molecule has 0 aliphatic heterocycles. The normalized spacial score (nSPS) is 23.4. The number of carbonyl (C=O) groups excluding carboxylic acids is 2. The number of ether oxygens (including phenoxy) is 2. The van der Waals surface area contributed by atoms with Crippen LogP contribution in [0.15, 0.2) is 10.1 Å². The molecule has 1 N–H and O–H groups in total. The van der Waals surface area contributed by atoms with Crippen LogP contribution in [0.4, 0.5) is 4.39 Å². The molecule has 4 atom stereocenters. The molecule has 0 spiro atoms. The summed E-state index contributed by atoms with van der Waals surface area (Å²) in [4.78, 5) is 34.7. The van der Waals surface area contributed by atoms with E-state index in [0.29, 0.717) is 48.0 Å². The van der Waals surface area contributed by atoms with Gasteiger partial charge < -0.3 is 28.4 Å². The molecule has 0 saturated heterocycles. The maximum Gasteiger partial charge on any atom is 0.265 e. The Labute approximate surface area is 303 Å². The van der Waals surface area contributed by atoms with Crippen molar-refractivity contribution in [2.45, 2.75) is 116 Å². The minimum absolute atomic E-state index is 0.0480. The Morgan fingerprint density at radius 2 is 1.65 bits per heavy atom. The van der Waals surface area contributed by atoms with Crippen LogP contribution in [0, 0.1) is 24.6 Å². The first-order valence-electron chi connectivity index (χ1n) is 18.5. The zero-order chi connectivity index (χ0) is 37.8. The average Bonchev–Trinajstić information content (AvgIpc) is 3.45. The van der Waals surface area contributed by atoms with E-state index < -0.39 is 49.2 Å². The third-order valence-corrected chi connectivity index (χ3v) is 15.9. The van der Waals surface area contributed by atoms with Gasteiger partial charge in [0.05, 0.1) is 24.8 Å². The maximum atomic E-state index is 16.7. The van der Waals surface area contributed by atoms with Gasteiger partial charge in [0.2, 0.25) is 11.6 Å². The predicted molar refractivity (Wildman–Crippen MR) is 197 cm³/mol. The fraction of sp³-hybridized carbons (Fsp3) is 0.667. The fourth-order valence-electron chi connectivity index (χ4n) is 7.79. The molecule has 0 amide bonds. The van der Waals surface area contributed by atoms with Gasteiger partial charge in [0, 0.05) is 29.2 Å². The van der Waals surface area contributed by atoms with Crippen LogP contribution in [0.25, 0.3) is 5.76 Å². The van der Waals surface area contributed by atoms with E-state index in [-0.39, 0.29) is 46.2 Å². The molecule has 1 saturated carbocycles. The summed E-state index contributed by atoms with van der Waals surface area (Å²) in [5, 5.41) is 16.2. The van der Waals surface area contributed by atoms with E-state index in [2.05, 4.69) is 32.9 Å². The van der Waals surface area contributed by atoms with Gasteiger partial charge in [-0.1, -0.05) is 47.5 Å². The van der Waals surface area contributed by atoms with Crippen LogP contribution < -0.4 is 9.47 Å². The van der Waals surface area contributed by atoms with Crippen molar-refractivity contribution < 1.29 is 37.5 Å². The SMILES string of the molecule is CCCCOc1noc2c1C(=O)[C@@]1(O[Si](C)(C)C(C)(C)C)C(=O)C3=C(O)c4c(c(F)c(CN(C)C)c(C)c4OCCCC)C[C@H]3C[C@H]1[C@@H]2N(C)C. The molecular weight excluding hydrogens is 670 g/mol. The van der Waals surface area contributed by atoms with Gasteiger partial charge in [0.1, 0.15) is 22.9 Å². The van der Waals surface area contributed by atoms with Crippen molar-refractivity contribution in [3.8, 4) is 11.6 Å². The second-order valence-corrected chi connectivity index (χ2v) is 21.4. The lowest BCUT2D eigenvalue weighted by atomic mass is 9.57. The number of aromatic nitrogens is 1. The second kappa shape index (κ2) is 14.4. The van der Waals surface area contributed by atoms with Crippen LogP contribution in [-0.2, 0) is 22.2 Å². The minimum atomic E-state index is -2.88. The molecule has 1 heterocycles. The molecule has 0 bridgehead atoms. The standard InChI is InChI=1S/C39H58FN3O7Si/c1-13-15-17-47-33-22(3)25(21-42(7)8)30(40)24-19-23-20-26-31(43(9)10)34-29(37(41-49-34)48-18-16-14-2)36(46)39(26,50-51(11,12)38(4,5)6)35(45)27(23)32(44)28(24)33/h23,26,31,44H,13-21H2,1-12H3/t23-,26-,31-,39-/m0/s1. The van der Waals surface area contributed by atoms with Gasteiger partial charge in [-0.3, -0.25) is 14.5 Å². The van der Waals surface area contributed by atoms with E-state index in [9.17, 15) is 5.11 Å². The summed E-state index contributed by atoms with van der Waals surface area (Å²) in [5.41, 5.74) is -0.183. The first-order chi connectivity index (χ1) is 23.8. The Hall–Kier alpha value is -3.06. The van der Waals surface area contributed by atoms with Gasteiger partial charge >= 0.3 is 0 Å². The molecule has 10 nitrogen and oxygen atoms in total. The lowest BCUT2D eigenvalue weighted by Crippen LogP contribution is -2.68. The summed E-state index contributed by atoms with van der Waals surface area (Å²) in [6.07, 6.45) is 3.71. The first-order valence-corrected chi connectivity index (χ1v) is 21.4. The zero-order valence-corrected chi connectivity index (χ0v) is 33.7. The number of rotatable bonds is 13. The van der Waals surface area contributed by atoms with Crippen molar-refractivity contribution in [2.24, 2.45) is 11.8 Å². The minimum Gasteiger partial charge on any atom is -0.507 e. The van der Waals surface area contributed by atoms with Crippen molar-refractivity contribution in [3.05, 3.63) is 45.0 Å². The number of nitrogens with zero attached hydrogens (tertiary/aromatic N) is 3. The molecule has 3 aliphatic carbocycles. The molecule has 0 radical (unpaired) electrons. The van der Waals surface area contributed by atoms with Gasteiger partial charge in [-0.15, -0.1) is 0 Å². The number of fused-ring (bicyclic) bond motifs is 4. The topological polar surface area (TPSA) is 115 Å². The lowest BCUT2D eigenvalue weighted by Gasteiger charge is -2.55. The largest absolute Gasteiger partial charge is 0.507 e. The van der Waals surface area contributed by atoms with Crippen LogP contribution in [-0.4, -0.2) is 87.0 Å². The van der Waals surface area contributed by atoms with E-state index in [1.54, 1.807) is 6.92 Å². The zero-order valence-electron chi connectivity index (χ0n) is 32.7. The quantitative estimate of drug-likeness (QED) is 0.124. The number of carbonyl (C=O) groups is 2. The number of halogens is 1. The highest BCUT2D eigenvalue weighted by atomic mass is 28.4. The summed E-state index contributed by atoms with van der Waals surface area (Å²) in [7, 11) is 4.64. The molecule has 0 unspecified atom stereocenters. The van der Waals surface area contributed by atoms with Crippen molar-refractivity contribution >= 4 is 25.6 Å². The number of Topliss-reactive ketones (excluding diaryl/α,β-unsaturated/α-hetero) is 2. The van der Waals surface area contributed by atoms with Gasteiger partial charge in [0.25, 0.3) is 5.88 Å². The highest BCUT2D eigenvalue weighted by Gasteiger charge is 2.69. The van der Waals surface area contributed by atoms with Gasteiger partial charge in [-0.05, 0) is 95.6 Å². The molecule has 1 aromatic heterocycles. The van der Waals surface area contributed by atoms with E-state index in [4.69, 9.17) is 18.4 Å². The van der Waals surface area contributed by atoms with E-state index in [1.165, 1.54) is 0 Å². The highest BCUT2D eigenvalue weighted by molar-refractivity contribution is 6.74. The predicted octanol–water partition coefficient (Wildman–Crippen LogP) is 7.83. The van der Waals surface area contributed by atoms with Crippen LogP contribution >= 0.6 is 0 Å². The Morgan fingerprint density at radius 1 is 1.02 bits per heavy atom. The maximum absolute atomic E-state index is 16.7. The second-order valence-electron chi connectivity index (χ2n) is 16.6. The summed E-state index contributed by atoms with van der Waals surface area (Å²) in [6.45, 7) is 17.2. The van der Waals surface area contributed by atoms with Crippen LogP contribution in [0.1, 0.15) is 111 Å². The number of benzene rings is 1. The number of aliphatic hydroxyl groups is 1. The fourth-order valence-corrected chi connectivity index (χ4v) is 9.24. The number of hydrogen-bond donors (Lipinski definition) is 1. The molecule has 12 heteroatoms. The van der Waals surface area contributed by atoms with Crippen molar-refractivity contribution in [1.29, 1.82) is 0 Å². The molecule has 2 aromatic rings. The van der Waals surface area contributed by atoms with Gasteiger partial charge in [-0.25, -0.2) is 4.39 Å². The molecule has 3 aliphatic rings. The number of ketones is 2. The Balaban J connectivity index is 1.80. The average molecular weight is 728 g/mol. The third kappa shape index (κ3) is 6.48. The lowest BCUT2D eigenvalue weighted by molar-refractivity contribution is -0.140. The van der Waals surface area contributed by atoms with Crippen LogP contribution in [0.2, 0.25) is 18.1 Å². The van der Waals surface area contributed by atoms with Gasteiger partial charge in [-0.2, -0.15) is 0 Å². The van der Waals surface area contributed by atoms with Crippen molar-refractivity contribution in [3.63, 3.8) is 0 Å². The summed E-state index contributed by atoms with van der Waals surface area (Å²) >= 11 is 0. The van der Waals surface area contributed by atoms with Crippen molar-refractivity contribution in [1.82, 2.24) is 15.0 Å².